The molecule has 0 radical (unpaired) electrons. The van der Waals surface area contributed by atoms with Crippen LogP contribution in [-0.4, -0.2) is 39.4 Å². The van der Waals surface area contributed by atoms with Crippen molar-refractivity contribution in [1.29, 1.82) is 0 Å². The van der Waals surface area contributed by atoms with Crippen molar-refractivity contribution in [2.75, 3.05) is 6.61 Å². The molecule has 4 unspecified atom stereocenters. The summed E-state index contributed by atoms with van der Waals surface area (Å²) in [5.74, 6) is 1.95. The topological polar surface area (TPSA) is 77.8 Å². The second-order valence-corrected chi connectivity index (χ2v) is 12.0. The first-order valence-corrected chi connectivity index (χ1v) is 12.5. The van der Waals surface area contributed by atoms with Gasteiger partial charge < -0.3 is 15.3 Å². The van der Waals surface area contributed by atoms with E-state index in [0.717, 1.165) is 32.1 Å². The van der Waals surface area contributed by atoms with E-state index in [1.165, 1.54) is 0 Å². The van der Waals surface area contributed by atoms with Crippen molar-refractivity contribution in [2.24, 2.45) is 46.3 Å². The fraction of sp³-hybridized carbons (Fsp3) is 0.815. The third-order valence-corrected chi connectivity index (χ3v) is 9.78. The lowest BCUT2D eigenvalue weighted by Crippen LogP contribution is -2.57. The van der Waals surface area contributed by atoms with Gasteiger partial charge in [0, 0.05) is 24.4 Å². The fourth-order valence-electron chi connectivity index (χ4n) is 8.40. The van der Waals surface area contributed by atoms with Gasteiger partial charge >= 0.3 is 0 Å². The van der Waals surface area contributed by atoms with Gasteiger partial charge in [-0.25, -0.2) is 0 Å². The van der Waals surface area contributed by atoms with E-state index in [9.17, 15) is 20.1 Å². The van der Waals surface area contributed by atoms with Gasteiger partial charge in [-0.3, -0.25) is 4.79 Å². The van der Waals surface area contributed by atoms with Gasteiger partial charge in [-0.1, -0.05) is 39.0 Å². The fourth-order valence-corrected chi connectivity index (χ4v) is 8.40. The van der Waals surface area contributed by atoms with E-state index >= 15 is 0 Å². The van der Waals surface area contributed by atoms with Crippen molar-refractivity contribution in [1.82, 2.24) is 0 Å². The number of hydrogen-bond acceptors (Lipinski definition) is 4. The Morgan fingerprint density at radius 1 is 1.26 bits per heavy atom. The molecule has 4 heteroatoms. The molecule has 31 heavy (non-hydrogen) atoms. The molecule has 174 valence electrons. The highest BCUT2D eigenvalue weighted by Crippen LogP contribution is 2.67. The molecular formula is C27H42O4. The Labute approximate surface area is 187 Å². The molecule has 0 heterocycles. The molecule has 0 aromatic rings. The van der Waals surface area contributed by atoms with E-state index in [2.05, 4.69) is 26.8 Å². The molecule has 9 atom stereocenters. The number of hydrogen-bond donors (Lipinski definition) is 3. The Morgan fingerprint density at radius 3 is 2.68 bits per heavy atom. The Hall–Kier alpha value is -0.970. The molecule has 0 aromatic heterocycles. The van der Waals surface area contributed by atoms with Gasteiger partial charge in [0.15, 0.2) is 5.78 Å². The van der Waals surface area contributed by atoms with Crippen LogP contribution in [0.5, 0.6) is 0 Å². The van der Waals surface area contributed by atoms with Crippen molar-refractivity contribution in [3.05, 3.63) is 24.3 Å². The van der Waals surface area contributed by atoms with Gasteiger partial charge in [-0.15, -0.1) is 0 Å². The number of ketones is 1. The van der Waals surface area contributed by atoms with Crippen LogP contribution >= 0.6 is 0 Å². The number of rotatable bonds is 5. The molecular weight excluding hydrogens is 388 g/mol. The van der Waals surface area contributed by atoms with Crippen LogP contribution in [0.1, 0.15) is 72.6 Å². The molecule has 0 amide bonds. The zero-order valence-corrected chi connectivity index (χ0v) is 19.8. The van der Waals surface area contributed by atoms with E-state index in [4.69, 9.17) is 0 Å². The van der Waals surface area contributed by atoms with Crippen LogP contribution in [0, 0.1) is 46.3 Å². The number of aliphatic hydroxyl groups excluding tert-OH is 2. The van der Waals surface area contributed by atoms with E-state index in [1.54, 1.807) is 6.08 Å². The van der Waals surface area contributed by atoms with E-state index in [0.29, 0.717) is 36.5 Å². The Kier molecular flexibility index (Phi) is 6.07. The third kappa shape index (κ3) is 3.67. The van der Waals surface area contributed by atoms with Gasteiger partial charge in [0.1, 0.15) is 0 Å². The van der Waals surface area contributed by atoms with Crippen LogP contribution in [0.15, 0.2) is 24.3 Å². The second-order valence-electron chi connectivity index (χ2n) is 12.0. The smallest absolute Gasteiger partial charge is 0.155 e. The maximum Gasteiger partial charge on any atom is 0.155 e. The van der Waals surface area contributed by atoms with Crippen LogP contribution in [0.2, 0.25) is 0 Å². The maximum absolute atomic E-state index is 12.0. The highest BCUT2D eigenvalue weighted by Gasteiger charge is 2.66. The summed E-state index contributed by atoms with van der Waals surface area (Å²) in [4.78, 5) is 12.0. The summed E-state index contributed by atoms with van der Waals surface area (Å²) < 4.78 is 0. The number of aliphatic hydroxyl groups is 3. The van der Waals surface area contributed by atoms with Gasteiger partial charge in [0.25, 0.3) is 0 Å². The van der Waals surface area contributed by atoms with Gasteiger partial charge in [0.05, 0.1) is 11.7 Å². The normalized spacial score (nSPS) is 46.6. The molecule has 0 spiro atoms. The molecule has 4 rings (SSSR count). The molecule has 0 saturated heterocycles. The SMILES string of the molecule is CC(C)C/C=C/[C@](C)(O)[C@H]1[C@@H](O)CC2C3CCC4CC(=O)C=C[C@]4(C)C3CC[C@@]21CO. The van der Waals surface area contributed by atoms with Crippen LogP contribution in [0.25, 0.3) is 0 Å². The van der Waals surface area contributed by atoms with Crippen LogP contribution in [0.4, 0.5) is 0 Å². The third-order valence-electron chi connectivity index (χ3n) is 9.78. The number of carbonyl (C=O) groups is 1. The predicted molar refractivity (Wildman–Crippen MR) is 122 cm³/mol. The minimum atomic E-state index is -1.14. The van der Waals surface area contributed by atoms with Crippen LogP contribution < -0.4 is 0 Å². The molecule has 3 N–H and O–H groups in total. The van der Waals surface area contributed by atoms with Crippen molar-refractivity contribution < 1.29 is 20.1 Å². The number of allylic oxidation sites excluding steroid dienone is 3. The van der Waals surface area contributed by atoms with E-state index < -0.39 is 17.1 Å². The van der Waals surface area contributed by atoms with Gasteiger partial charge in [0.2, 0.25) is 0 Å². The Balaban J connectivity index is 1.65. The van der Waals surface area contributed by atoms with Crippen LogP contribution in [0.3, 0.4) is 0 Å². The summed E-state index contributed by atoms with van der Waals surface area (Å²) >= 11 is 0. The van der Waals surface area contributed by atoms with E-state index in [1.807, 2.05) is 19.1 Å². The largest absolute Gasteiger partial charge is 0.396 e. The molecule has 0 aliphatic heterocycles. The maximum atomic E-state index is 12.0. The number of fused-ring (bicyclic) bond motifs is 5. The first-order valence-electron chi connectivity index (χ1n) is 12.5. The molecule has 4 aliphatic carbocycles. The van der Waals surface area contributed by atoms with Crippen LogP contribution in [-0.2, 0) is 4.79 Å². The average Bonchev–Trinajstić information content (AvgIpc) is 3.01. The minimum absolute atomic E-state index is 0.0191. The average molecular weight is 431 g/mol. The standard InChI is InChI=1S/C27H42O4/c1-17(2)6-5-11-26(4,31)24-23(30)15-22-20-8-7-18-14-19(29)9-12-25(18,3)21(20)10-13-27(22,24)16-28/h5,9,11-12,17-18,20-24,28,30-31H,6-8,10,13-16H2,1-4H3/b11-5+/t18?,20?,21?,22?,23-,24+,25-,26-,27+/m0/s1. The molecule has 0 bridgehead atoms. The van der Waals surface area contributed by atoms with Gasteiger partial charge in [-0.05, 0) is 86.5 Å². The quantitative estimate of drug-likeness (QED) is 0.569. The first kappa shape index (κ1) is 23.2. The van der Waals surface area contributed by atoms with Crippen molar-refractivity contribution in [2.45, 2.75) is 84.3 Å². The van der Waals surface area contributed by atoms with Crippen molar-refractivity contribution >= 4 is 5.78 Å². The van der Waals surface area contributed by atoms with Gasteiger partial charge in [-0.2, -0.15) is 0 Å². The highest BCUT2D eigenvalue weighted by molar-refractivity contribution is 5.91. The molecule has 4 aliphatic rings. The minimum Gasteiger partial charge on any atom is -0.396 e. The molecule has 0 aromatic carbocycles. The molecule has 4 nitrogen and oxygen atoms in total. The monoisotopic (exact) mass is 430 g/mol. The lowest BCUT2D eigenvalue weighted by molar-refractivity contribution is -0.142. The lowest BCUT2D eigenvalue weighted by atomic mass is 9.45. The highest BCUT2D eigenvalue weighted by atomic mass is 16.3. The predicted octanol–water partition coefficient (Wildman–Crippen LogP) is 4.29. The molecule has 3 saturated carbocycles. The zero-order chi connectivity index (χ0) is 22.6. The summed E-state index contributed by atoms with van der Waals surface area (Å²) in [6.07, 6.45) is 13.4. The Bertz CT molecular complexity index is 752. The first-order chi connectivity index (χ1) is 14.5. The van der Waals surface area contributed by atoms with E-state index in [-0.39, 0.29) is 29.6 Å². The Morgan fingerprint density at radius 2 is 2.00 bits per heavy atom. The summed E-state index contributed by atoms with van der Waals surface area (Å²) in [7, 11) is 0. The summed E-state index contributed by atoms with van der Waals surface area (Å²) in [6, 6.07) is 0. The zero-order valence-electron chi connectivity index (χ0n) is 19.8. The molecule has 3 fully saturated rings. The van der Waals surface area contributed by atoms with Crippen molar-refractivity contribution in [3.63, 3.8) is 0 Å². The van der Waals surface area contributed by atoms with Crippen molar-refractivity contribution in [3.8, 4) is 0 Å². The second kappa shape index (κ2) is 8.11. The summed E-state index contributed by atoms with van der Waals surface area (Å²) in [5.41, 5.74) is -1.55. The summed E-state index contributed by atoms with van der Waals surface area (Å²) in [5, 5.41) is 33.4. The summed E-state index contributed by atoms with van der Waals surface area (Å²) in [6.45, 7) is 8.47. The lowest BCUT2D eigenvalue weighted by Gasteiger charge is -2.59. The number of carbonyl (C=O) groups excluding carboxylic acids is 1.